The highest BCUT2D eigenvalue weighted by molar-refractivity contribution is 7.22. The third-order valence-electron chi connectivity index (χ3n) is 7.06. The number of thiazole rings is 1. The van der Waals surface area contributed by atoms with Crippen LogP contribution in [0.4, 0.5) is 5.13 Å². The number of aliphatic hydroxyl groups is 1. The standard InChI is InChI=1S/C31H30N2O4S/c1-16(2)20-7-9-21(10-8-20)27-25(28(34)22-11-12-23(37-6)18(4)15-22)29(35)30(36)33(27)31-32-26-19(5)13-17(3)14-24(26)38-31/h7-16,27,34H,1-6H3. The Morgan fingerprint density at radius 1 is 1.00 bits per heavy atom. The molecule has 4 aromatic rings. The summed E-state index contributed by atoms with van der Waals surface area (Å²) in [4.78, 5) is 33.4. The predicted octanol–water partition coefficient (Wildman–Crippen LogP) is 6.98. The van der Waals surface area contributed by atoms with E-state index in [4.69, 9.17) is 9.72 Å². The van der Waals surface area contributed by atoms with Gasteiger partial charge in [-0.3, -0.25) is 14.5 Å². The maximum atomic E-state index is 13.6. The lowest BCUT2D eigenvalue weighted by atomic mass is 9.93. The first-order valence-electron chi connectivity index (χ1n) is 12.5. The van der Waals surface area contributed by atoms with Gasteiger partial charge in [0.15, 0.2) is 5.13 Å². The van der Waals surface area contributed by atoms with Crippen molar-refractivity contribution in [2.75, 3.05) is 12.0 Å². The number of hydrogen-bond acceptors (Lipinski definition) is 6. The lowest BCUT2D eigenvalue weighted by Crippen LogP contribution is -2.29. The van der Waals surface area contributed by atoms with Gasteiger partial charge in [-0.15, -0.1) is 0 Å². The Labute approximate surface area is 226 Å². The number of carbonyl (C=O) groups is 2. The van der Waals surface area contributed by atoms with E-state index in [2.05, 4.69) is 13.8 Å². The predicted molar refractivity (Wildman–Crippen MR) is 152 cm³/mol. The highest BCUT2D eigenvalue weighted by Gasteiger charge is 2.48. The zero-order valence-corrected chi connectivity index (χ0v) is 23.1. The molecule has 1 saturated heterocycles. The number of aliphatic hydroxyl groups excluding tert-OH is 1. The largest absolute Gasteiger partial charge is 0.507 e. The fraction of sp³-hybridized carbons (Fsp3) is 0.258. The van der Waals surface area contributed by atoms with Crippen molar-refractivity contribution >= 4 is 44.1 Å². The number of Topliss-reactive ketones (excluding diaryl/α,β-unsaturated/α-hetero) is 1. The second-order valence-electron chi connectivity index (χ2n) is 10.1. The summed E-state index contributed by atoms with van der Waals surface area (Å²) in [6.07, 6.45) is 0. The van der Waals surface area contributed by atoms with Gasteiger partial charge < -0.3 is 9.84 Å². The number of carbonyl (C=O) groups excluding carboxylic acids is 2. The summed E-state index contributed by atoms with van der Waals surface area (Å²) in [7, 11) is 1.58. The Kier molecular flexibility index (Phi) is 6.57. The highest BCUT2D eigenvalue weighted by Crippen LogP contribution is 2.45. The molecule has 1 aliphatic rings. The molecule has 0 radical (unpaired) electrons. The topological polar surface area (TPSA) is 79.7 Å². The molecule has 1 atom stereocenters. The first kappa shape index (κ1) is 25.7. The summed E-state index contributed by atoms with van der Waals surface area (Å²) in [5, 5.41) is 11.9. The molecule has 3 aromatic carbocycles. The quantitative estimate of drug-likeness (QED) is 0.172. The van der Waals surface area contributed by atoms with Gasteiger partial charge in [-0.25, -0.2) is 4.98 Å². The maximum Gasteiger partial charge on any atom is 0.301 e. The summed E-state index contributed by atoms with van der Waals surface area (Å²) < 4.78 is 6.30. The van der Waals surface area contributed by atoms with E-state index in [1.165, 1.54) is 16.2 Å². The molecule has 0 bridgehead atoms. The maximum absolute atomic E-state index is 13.6. The molecule has 7 heteroatoms. The van der Waals surface area contributed by atoms with E-state index < -0.39 is 17.7 Å². The minimum Gasteiger partial charge on any atom is -0.507 e. The molecule has 1 aliphatic heterocycles. The third kappa shape index (κ3) is 4.27. The van der Waals surface area contributed by atoms with Crippen molar-refractivity contribution in [3.05, 3.63) is 93.6 Å². The molecular formula is C31H30N2O4S. The van der Waals surface area contributed by atoms with E-state index in [1.807, 2.05) is 57.2 Å². The number of aromatic nitrogens is 1. The van der Waals surface area contributed by atoms with E-state index in [9.17, 15) is 14.7 Å². The van der Waals surface area contributed by atoms with Crippen LogP contribution in [0.15, 0.2) is 60.2 Å². The van der Waals surface area contributed by atoms with Crippen LogP contribution in [-0.2, 0) is 9.59 Å². The van der Waals surface area contributed by atoms with Gasteiger partial charge in [0.05, 0.1) is 28.9 Å². The number of amides is 1. The van der Waals surface area contributed by atoms with Crippen molar-refractivity contribution in [2.24, 2.45) is 0 Å². The normalized spacial score (nSPS) is 17.1. The average Bonchev–Trinajstić information content (AvgIpc) is 3.42. The highest BCUT2D eigenvalue weighted by atomic mass is 32.1. The van der Waals surface area contributed by atoms with Crippen molar-refractivity contribution in [1.82, 2.24) is 4.98 Å². The second-order valence-corrected chi connectivity index (χ2v) is 11.1. The van der Waals surface area contributed by atoms with E-state index in [-0.39, 0.29) is 11.3 Å². The Hall–Kier alpha value is -3.97. The van der Waals surface area contributed by atoms with Gasteiger partial charge in [0, 0.05) is 5.56 Å². The van der Waals surface area contributed by atoms with Crippen LogP contribution in [0.25, 0.3) is 16.0 Å². The van der Waals surface area contributed by atoms with Crippen molar-refractivity contribution < 1.29 is 19.4 Å². The van der Waals surface area contributed by atoms with Gasteiger partial charge in [0.25, 0.3) is 5.78 Å². The van der Waals surface area contributed by atoms with E-state index in [1.54, 1.807) is 25.3 Å². The average molecular weight is 527 g/mol. The van der Waals surface area contributed by atoms with Crippen LogP contribution in [0.3, 0.4) is 0 Å². The number of nitrogens with zero attached hydrogens (tertiary/aromatic N) is 2. The molecule has 2 heterocycles. The zero-order chi connectivity index (χ0) is 27.3. The summed E-state index contributed by atoms with van der Waals surface area (Å²) in [5.74, 6) is -0.664. The number of aryl methyl sites for hydroxylation is 3. The Bertz CT molecular complexity index is 1620. The molecule has 5 rings (SSSR count). The van der Waals surface area contributed by atoms with Crippen molar-refractivity contribution in [3.8, 4) is 5.75 Å². The van der Waals surface area contributed by atoms with Crippen LogP contribution in [0.2, 0.25) is 0 Å². The Morgan fingerprint density at radius 2 is 1.71 bits per heavy atom. The summed E-state index contributed by atoms with van der Waals surface area (Å²) >= 11 is 1.37. The van der Waals surface area contributed by atoms with Gasteiger partial charge in [0.1, 0.15) is 11.5 Å². The minimum absolute atomic E-state index is 0.0454. The molecule has 6 nitrogen and oxygen atoms in total. The summed E-state index contributed by atoms with van der Waals surface area (Å²) in [6.45, 7) is 10.1. The fourth-order valence-electron chi connectivity index (χ4n) is 5.05. The molecule has 0 spiro atoms. The molecule has 1 amide bonds. The number of fused-ring (bicyclic) bond motifs is 1. The van der Waals surface area contributed by atoms with Crippen molar-refractivity contribution in [2.45, 2.75) is 46.6 Å². The van der Waals surface area contributed by atoms with E-state index in [0.29, 0.717) is 22.4 Å². The van der Waals surface area contributed by atoms with Gasteiger partial charge in [-0.2, -0.15) is 0 Å². The number of hydrogen-bond donors (Lipinski definition) is 1. The molecule has 1 fully saturated rings. The van der Waals surface area contributed by atoms with Crippen LogP contribution >= 0.6 is 11.3 Å². The molecule has 38 heavy (non-hydrogen) atoms. The van der Waals surface area contributed by atoms with Gasteiger partial charge in [0.2, 0.25) is 0 Å². The molecule has 1 aromatic heterocycles. The van der Waals surface area contributed by atoms with Crippen LogP contribution < -0.4 is 9.64 Å². The Balaban J connectivity index is 1.73. The smallest absolute Gasteiger partial charge is 0.301 e. The number of rotatable bonds is 5. The molecule has 0 aliphatic carbocycles. The van der Waals surface area contributed by atoms with E-state index >= 15 is 0 Å². The number of methoxy groups -OCH3 is 1. The monoisotopic (exact) mass is 526 g/mol. The van der Waals surface area contributed by atoms with Crippen LogP contribution in [0.5, 0.6) is 5.75 Å². The lowest BCUT2D eigenvalue weighted by molar-refractivity contribution is -0.132. The molecule has 194 valence electrons. The van der Waals surface area contributed by atoms with E-state index in [0.717, 1.165) is 38.0 Å². The van der Waals surface area contributed by atoms with Crippen LogP contribution in [0.1, 0.15) is 59.2 Å². The minimum atomic E-state index is -0.819. The number of ether oxygens (including phenoxy) is 1. The first-order valence-corrected chi connectivity index (χ1v) is 13.4. The SMILES string of the molecule is COc1ccc(C(O)=C2C(=O)C(=O)N(c3nc4c(C)cc(C)cc4s3)C2c2ccc(C(C)C)cc2)cc1C. The molecule has 1 unspecified atom stereocenters. The van der Waals surface area contributed by atoms with Gasteiger partial charge in [-0.1, -0.05) is 55.5 Å². The van der Waals surface area contributed by atoms with Crippen LogP contribution in [0, 0.1) is 20.8 Å². The molecule has 0 saturated carbocycles. The number of anilines is 1. The third-order valence-corrected chi connectivity index (χ3v) is 8.06. The summed E-state index contributed by atoms with van der Waals surface area (Å²) in [6, 6.07) is 16.3. The molecule has 1 N–H and O–H groups in total. The zero-order valence-electron chi connectivity index (χ0n) is 22.3. The number of benzene rings is 3. The van der Waals surface area contributed by atoms with Crippen LogP contribution in [-0.4, -0.2) is 28.9 Å². The fourth-order valence-corrected chi connectivity index (χ4v) is 6.22. The van der Waals surface area contributed by atoms with Gasteiger partial charge >= 0.3 is 5.91 Å². The summed E-state index contributed by atoms with van der Waals surface area (Å²) in [5.41, 5.74) is 6.08. The first-order chi connectivity index (χ1) is 18.1. The lowest BCUT2D eigenvalue weighted by Gasteiger charge is -2.23. The molecular weight excluding hydrogens is 496 g/mol. The van der Waals surface area contributed by atoms with Crippen molar-refractivity contribution in [1.29, 1.82) is 0 Å². The van der Waals surface area contributed by atoms with Crippen molar-refractivity contribution in [3.63, 3.8) is 0 Å². The number of ketones is 1. The van der Waals surface area contributed by atoms with Gasteiger partial charge in [-0.05, 0) is 78.8 Å². The second kappa shape index (κ2) is 9.72. The Morgan fingerprint density at radius 3 is 2.34 bits per heavy atom.